The first-order valence-electron chi connectivity index (χ1n) is 8.25. The number of guanidine groups is 1. The van der Waals surface area contributed by atoms with Crippen molar-refractivity contribution in [1.29, 1.82) is 0 Å². The Bertz CT molecular complexity index is 379. The van der Waals surface area contributed by atoms with Gasteiger partial charge in [0.15, 0.2) is 5.96 Å². The van der Waals surface area contributed by atoms with Gasteiger partial charge in [-0.05, 0) is 25.9 Å². The first-order valence-corrected chi connectivity index (χ1v) is 8.25. The number of hydrogen-bond donors (Lipinski definition) is 1. The molecule has 0 saturated carbocycles. The first kappa shape index (κ1) is 22.4. The van der Waals surface area contributed by atoms with Crippen LogP contribution in [0.1, 0.15) is 26.7 Å². The molecule has 0 amide bonds. The maximum atomic E-state index is 11.8. The van der Waals surface area contributed by atoms with E-state index in [1.54, 1.807) is 7.05 Å². The van der Waals surface area contributed by atoms with Crippen LogP contribution in [0.15, 0.2) is 4.99 Å². The van der Waals surface area contributed by atoms with Crippen molar-refractivity contribution in [2.45, 2.75) is 26.7 Å². The van der Waals surface area contributed by atoms with Crippen LogP contribution in [-0.2, 0) is 9.53 Å². The topological polar surface area (TPSA) is 57.2 Å². The summed E-state index contributed by atoms with van der Waals surface area (Å²) >= 11 is 0. The normalized spacial score (nSPS) is 21.3. The third kappa shape index (κ3) is 7.24. The molecule has 136 valence electrons. The summed E-state index contributed by atoms with van der Waals surface area (Å²) in [6.07, 6.45) is 2.45. The van der Waals surface area contributed by atoms with E-state index in [0.29, 0.717) is 12.5 Å². The molecule has 1 aliphatic rings. The SMILES string of the molecule is CCCCN(C)CCNC(=NC)N1CC(C)C(C(=O)OC)C1.I. The Labute approximate surface area is 158 Å². The molecule has 0 radical (unpaired) electrons. The Balaban J connectivity index is 0.00000484. The van der Waals surface area contributed by atoms with E-state index in [1.807, 2.05) is 0 Å². The van der Waals surface area contributed by atoms with Crippen molar-refractivity contribution >= 4 is 35.9 Å². The number of carbonyl (C=O) groups is 1. The average molecular weight is 440 g/mol. The van der Waals surface area contributed by atoms with Gasteiger partial charge >= 0.3 is 5.97 Å². The number of likely N-dealkylation sites (N-methyl/N-ethyl adjacent to an activating group) is 1. The second-order valence-electron chi connectivity index (χ2n) is 6.14. The number of hydrogen-bond acceptors (Lipinski definition) is 4. The van der Waals surface area contributed by atoms with Crippen molar-refractivity contribution in [3.05, 3.63) is 0 Å². The summed E-state index contributed by atoms with van der Waals surface area (Å²) < 4.78 is 4.88. The van der Waals surface area contributed by atoms with E-state index >= 15 is 0 Å². The quantitative estimate of drug-likeness (QED) is 0.283. The summed E-state index contributed by atoms with van der Waals surface area (Å²) in [5, 5.41) is 3.40. The van der Waals surface area contributed by atoms with Crippen molar-refractivity contribution in [2.24, 2.45) is 16.8 Å². The van der Waals surface area contributed by atoms with Gasteiger partial charge in [0.1, 0.15) is 0 Å². The van der Waals surface area contributed by atoms with Crippen LogP contribution in [0, 0.1) is 11.8 Å². The number of carbonyl (C=O) groups excluding carboxylic acids is 1. The molecule has 0 aliphatic carbocycles. The number of nitrogens with one attached hydrogen (secondary N) is 1. The molecule has 0 bridgehead atoms. The minimum Gasteiger partial charge on any atom is -0.469 e. The van der Waals surface area contributed by atoms with E-state index < -0.39 is 0 Å². The van der Waals surface area contributed by atoms with Crippen molar-refractivity contribution in [3.8, 4) is 0 Å². The van der Waals surface area contributed by atoms with E-state index in [-0.39, 0.29) is 35.9 Å². The second-order valence-corrected chi connectivity index (χ2v) is 6.14. The summed E-state index contributed by atoms with van der Waals surface area (Å²) in [5.74, 6) is 0.987. The molecule has 1 saturated heterocycles. The molecule has 1 rings (SSSR count). The molecular formula is C16H33IN4O2. The highest BCUT2D eigenvalue weighted by Gasteiger charge is 2.36. The molecule has 2 unspecified atom stereocenters. The Kier molecular flexibility index (Phi) is 11.6. The summed E-state index contributed by atoms with van der Waals surface area (Å²) in [6, 6.07) is 0. The molecule has 23 heavy (non-hydrogen) atoms. The van der Waals surface area contributed by atoms with Crippen molar-refractivity contribution in [3.63, 3.8) is 0 Å². The van der Waals surface area contributed by atoms with E-state index in [0.717, 1.165) is 32.1 Å². The van der Waals surface area contributed by atoms with Gasteiger partial charge in [-0.25, -0.2) is 0 Å². The number of nitrogens with zero attached hydrogens (tertiary/aromatic N) is 3. The molecule has 1 fully saturated rings. The molecule has 1 N–H and O–H groups in total. The van der Waals surface area contributed by atoms with Crippen LogP contribution < -0.4 is 5.32 Å². The highest BCUT2D eigenvalue weighted by molar-refractivity contribution is 14.0. The Hall–Kier alpha value is -0.570. The zero-order chi connectivity index (χ0) is 16.5. The highest BCUT2D eigenvalue weighted by Crippen LogP contribution is 2.23. The summed E-state index contributed by atoms with van der Waals surface area (Å²) in [4.78, 5) is 20.6. The van der Waals surface area contributed by atoms with Crippen LogP contribution in [0.3, 0.4) is 0 Å². The second kappa shape index (κ2) is 11.9. The number of likely N-dealkylation sites (tertiary alicyclic amines) is 1. The van der Waals surface area contributed by atoms with Gasteiger partial charge in [-0.15, -0.1) is 24.0 Å². The molecule has 1 heterocycles. The molecule has 0 aromatic heterocycles. The lowest BCUT2D eigenvalue weighted by Gasteiger charge is -2.23. The maximum Gasteiger partial charge on any atom is 0.310 e. The van der Waals surface area contributed by atoms with E-state index in [1.165, 1.54) is 20.0 Å². The van der Waals surface area contributed by atoms with Gasteiger partial charge in [-0.3, -0.25) is 9.79 Å². The smallest absolute Gasteiger partial charge is 0.310 e. The Morgan fingerprint density at radius 1 is 1.39 bits per heavy atom. The van der Waals surface area contributed by atoms with Crippen LogP contribution >= 0.6 is 24.0 Å². The predicted molar refractivity (Wildman–Crippen MR) is 105 cm³/mol. The van der Waals surface area contributed by atoms with Crippen molar-refractivity contribution < 1.29 is 9.53 Å². The first-order chi connectivity index (χ1) is 10.5. The van der Waals surface area contributed by atoms with Crippen LogP contribution in [0.2, 0.25) is 0 Å². The van der Waals surface area contributed by atoms with E-state index in [2.05, 4.69) is 41.0 Å². The fourth-order valence-electron chi connectivity index (χ4n) is 2.83. The predicted octanol–water partition coefficient (Wildman–Crippen LogP) is 1.65. The number of ether oxygens (including phenoxy) is 1. The minimum absolute atomic E-state index is 0. The minimum atomic E-state index is -0.121. The fraction of sp³-hybridized carbons (Fsp3) is 0.875. The molecule has 7 heteroatoms. The molecule has 6 nitrogen and oxygen atoms in total. The zero-order valence-corrected chi connectivity index (χ0v) is 17.5. The average Bonchev–Trinajstić information content (AvgIpc) is 2.90. The number of esters is 1. The summed E-state index contributed by atoms with van der Waals surface area (Å²) in [5.41, 5.74) is 0. The number of halogens is 1. The molecule has 0 spiro atoms. The third-order valence-corrected chi connectivity index (χ3v) is 4.30. The van der Waals surface area contributed by atoms with Crippen LogP contribution in [0.4, 0.5) is 0 Å². The lowest BCUT2D eigenvalue weighted by Crippen LogP contribution is -2.43. The lowest BCUT2D eigenvalue weighted by atomic mass is 9.99. The van der Waals surface area contributed by atoms with Crippen LogP contribution in [0.25, 0.3) is 0 Å². The number of unbranched alkanes of at least 4 members (excludes halogenated alkanes) is 1. The third-order valence-electron chi connectivity index (χ3n) is 4.30. The summed E-state index contributed by atoms with van der Waals surface area (Å²) in [6.45, 7) is 8.79. The van der Waals surface area contributed by atoms with Gasteiger partial charge in [-0.1, -0.05) is 20.3 Å². The Morgan fingerprint density at radius 3 is 2.65 bits per heavy atom. The number of aliphatic imine (C=N–C) groups is 1. The maximum absolute atomic E-state index is 11.8. The highest BCUT2D eigenvalue weighted by atomic mass is 127. The largest absolute Gasteiger partial charge is 0.469 e. The van der Waals surface area contributed by atoms with Gasteiger partial charge in [0, 0.05) is 33.2 Å². The number of rotatable bonds is 7. The van der Waals surface area contributed by atoms with Gasteiger partial charge in [-0.2, -0.15) is 0 Å². The molecule has 2 atom stereocenters. The molecular weight excluding hydrogens is 407 g/mol. The van der Waals surface area contributed by atoms with Crippen LogP contribution in [-0.4, -0.2) is 75.7 Å². The van der Waals surface area contributed by atoms with Crippen LogP contribution in [0.5, 0.6) is 0 Å². The zero-order valence-electron chi connectivity index (χ0n) is 15.2. The monoisotopic (exact) mass is 440 g/mol. The van der Waals surface area contributed by atoms with Gasteiger partial charge in [0.05, 0.1) is 13.0 Å². The van der Waals surface area contributed by atoms with Crippen molar-refractivity contribution in [2.75, 3.05) is 53.9 Å². The fourth-order valence-corrected chi connectivity index (χ4v) is 2.83. The lowest BCUT2D eigenvalue weighted by molar-refractivity contribution is -0.145. The van der Waals surface area contributed by atoms with E-state index in [4.69, 9.17) is 4.74 Å². The molecule has 1 aliphatic heterocycles. The van der Waals surface area contributed by atoms with Gasteiger partial charge in [0.25, 0.3) is 0 Å². The summed E-state index contributed by atoms with van der Waals surface area (Å²) in [7, 11) is 5.39. The van der Waals surface area contributed by atoms with Gasteiger partial charge in [0.2, 0.25) is 0 Å². The standard InChI is InChI=1S/C16H32N4O2.HI/c1-6-7-9-19(4)10-8-18-16(17-3)20-11-13(2)14(12-20)15(21)22-5;/h13-14H,6-12H2,1-5H3,(H,17,18);1H. The number of methoxy groups -OCH3 is 1. The van der Waals surface area contributed by atoms with E-state index in [9.17, 15) is 4.79 Å². The van der Waals surface area contributed by atoms with Gasteiger partial charge < -0.3 is 19.9 Å². The van der Waals surface area contributed by atoms with Crippen molar-refractivity contribution in [1.82, 2.24) is 15.1 Å². The molecule has 0 aromatic carbocycles. The molecule has 0 aromatic rings. The Morgan fingerprint density at radius 2 is 2.09 bits per heavy atom.